The van der Waals surface area contributed by atoms with Crippen molar-refractivity contribution >= 4 is 11.9 Å². The zero-order chi connectivity index (χ0) is 11.3. The first-order valence-electron chi connectivity index (χ1n) is 3.74. The first kappa shape index (κ1) is 10.7. The number of carboxylic acid groups (broad SMARTS) is 1. The van der Waals surface area contributed by atoms with Crippen LogP contribution < -0.4 is 0 Å². The van der Waals surface area contributed by atoms with Crippen LogP contribution in [0.1, 0.15) is 21.0 Å². The Balaban J connectivity index is 2.97. The third kappa shape index (κ3) is 2.53. The predicted octanol–water partition coefficient (Wildman–Crippen LogP) is -0.692. The molecule has 1 heterocycles. The van der Waals surface area contributed by atoms with Gasteiger partial charge in [0, 0.05) is 0 Å². The highest BCUT2D eigenvalue weighted by Gasteiger charge is 2.22. The molecule has 15 heavy (non-hydrogen) atoms. The van der Waals surface area contributed by atoms with Gasteiger partial charge in [-0.05, 0) is 10.4 Å². The van der Waals surface area contributed by atoms with Crippen molar-refractivity contribution in [3.63, 3.8) is 0 Å². The molecule has 0 aliphatic carbocycles. The second-order valence-corrected chi connectivity index (χ2v) is 2.27. The van der Waals surface area contributed by atoms with Gasteiger partial charge in [-0.1, -0.05) is 12.7 Å². The lowest BCUT2D eigenvalue weighted by molar-refractivity contribution is 0.0523. The van der Waals surface area contributed by atoms with Crippen molar-refractivity contribution in [1.29, 1.82) is 0 Å². The first-order valence-corrected chi connectivity index (χ1v) is 3.74. The molecule has 0 bridgehead atoms. The number of rotatable bonds is 4. The van der Waals surface area contributed by atoms with E-state index in [1.807, 2.05) is 0 Å². The zero-order valence-electron chi connectivity index (χ0n) is 7.45. The fraction of sp³-hybridized carbons (Fsp3) is 0.143. The summed E-state index contributed by atoms with van der Waals surface area (Å²) in [6.45, 7) is 3.27. The summed E-state index contributed by atoms with van der Waals surface area (Å²) in [7, 11) is 0. The largest absolute Gasteiger partial charge is 0.476 e. The van der Waals surface area contributed by atoms with Gasteiger partial charge in [-0.2, -0.15) is 0 Å². The molecule has 0 atom stereocenters. The minimum absolute atomic E-state index is 0.0537. The number of carbonyl (C=O) groups excluding carboxylic acids is 1. The molecular weight excluding hydrogens is 204 g/mol. The molecule has 0 fully saturated rings. The van der Waals surface area contributed by atoms with Gasteiger partial charge in [0.05, 0.1) is 0 Å². The summed E-state index contributed by atoms with van der Waals surface area (Å²) in [6, 6.07) is 0. The van der Waals surface area contributed by atoms with E-state index in [-0.39, 0.29) is 6.61 Å². The van der Waals surface area contributed by atoms with Gasteiger partial charge < -0.3 is 9.84 Å². The second kappa shape index (κ2) is 4.74. The minimum Gasteiger partial charge on any atom is -0.476 e. The number of aromatic carboxylic acids is 1. The molecule has 1 rings (SSSR count). The third-order valence-corrected chi connectivity index (χ3v) is 1.28. The van der Waals surface area contributed by atoms with E-state index < -0.39 is 23.3 Å². The van der Waals surface area contributed by atoms with Gasteiger partial charge in [0.1, 0.15) is 6.61 Å². The summed E-state index contributed by atoms with van der Waals surface area (Å²) in [6.07, 6.45) is 1.33. The van der Waals surface area contributed by atoms with E-state index >= 15 is 0 Å². The Labute approximate surface area is 83.6 Å². The Morgan fingerprint density at radius 2 is 1.93 bits per heavy atom. The molecule has 1 N–H and O–H groups in total. The van der Waals surface area contributed by atoms with E-state index in [9.17, 15) is 9.59 Å². The standard InChI is InChI=1S/C7H6N4O4/c1-2-3-15-7(14)5-4(6(12)13)8-10-11-9-5/h2H,1,3H2,(H,12,13). The number of esters is 1. The van der Waals surface area contributed by atoms with Crippen molar-refractivity contribution in [2.75, 3.05) is 6.61 Å². The lowest BCUT2D eigenvalue weighted by Crippen LogP contribution is -2.18. The number of aromatic nitrogens is 4. The van der Waals surface area contributed by atoms with E-state index in [2.05, 4.69) is 31.9 Å². The highest BCUT2D eigenvalue weighted by atomic mass is 16.5. The molecule has 0 aliphatic heterocycles. The number of carbonyl (C=O) groups is 2. The van der Waals surface area contributed by atoms with Crippen molar-refractivity contribution in [1.82, 2.24) is 20.6 Å². The minimum atomic E-state index is -1.43. The summed E-state index contributed by atoms with van der Waals surface area (Å²) in [5.41, 5.74) is -1.08. The van der Waals surface area contributed by atoms with E-state index in [1.54, 1.807) is 0 Å². The molecule has 0 radical (unpaired) electrons. The monoisotopic (exact) mass is 210 g/mol. The molecule has 0 saturated heterocycles. The number of hydrogen-bond acceptors (Lipinski definition) is 7. The Bertz CT molecular complexity index is 406. The number of nitrogens with zero attached hydrogens (tertiary/aromatic N) is 4. The average molecular weight is 210 g/mol. The van der Waals surface area contributed by atoms with Crippen LogP contribution in [0.4, 0.5) is 0 Å². The smallest absolute Gasteiger partial charge is 0.361 e. The maximum atomic E-state index is 11.2. The van der Waals surface area contributed by atoms with Gasteiger partial charge >= 0.3 is 11.9 Å². The lowest BCUT2D eigenvalue weighted by Gasteiger charge is -2.00. The van der Waals surface area contributed by atoms with Crippen LogP contribution in [0.15, 0.2) is 12.7 Å². The van der Waals surface area contributed by atoms with Gasteiger partial charge in [-0.25, -0.2) is 9.59 Å². The van der Waals surface area contributed by atoms with Crippen molar-refractivity contribution in [2.45, 2.75) is 0 Å². The molecule has 0 amide bonds. The summed E-state index contributed by atoms with van der Waals surface area (Å²) in [5, 5.41) is 21.1. The van der Waals surface area contributed by atoms with Crippen LogP contribution in [0.2, 0.25) is 0 Å². The lowest BCUT2D eigenvalue weighted by atomic mass is 10.3. The maximum absolute atomic E-state index is 11.2. The predicted molar refractivity (Wildman–Crippen MR) is 45.1 cm³/mol. The van der Waals surface area contributed by atoms with Crippen molar-refractivity contribution in [3.8, 4) is 0 Å². The Morgan fingerprint density at radius 3 is 2.47 bits per heavy atom. The summed E-state index contributed by atoms with van der Waals surface area (Å²) < 4.78 is 4.58. The number of carboxylic acids is 1. The third-order valence-electron chi connectivity index (χ3n) is 1.28. The molecule has 0 aliphatic rings. The molecule has 8 heteroatoms. The molecule has 1 aromatic heterocycles. The van der Waals surface area contributed by atoms with Crippen molar-refractivity contribution < 1.29 is 19.4 Å². The highest BCUT2D eigenvalue weighted by Crippen LogP contribution is 2.01. The molecule has 0 unspecified atom stereocenters. The van der Waals surface area contributed by atoms with Crippen molar-refractivity contribution in [3.05, 3.63) is 24.0 Å². The Morgan fingerprint density at radius 1 is 1.33 bits per heavy atom. The number of hydrogen-bond donors (Lipinski definition) is 1. The Hall–Kier alpha value is -2.38. The van der Waals surface area contributed by atoms with E-state index in [4.69, 9.17) is 5.11 Å². The van der Waals surface area contributed by atoms with Crippen LogP contribution in [0.25, 0.3) is 0 Å². The molecule has 1 aromatic rings. The average Bonchev–Trinajstić information content (AvgIpc) is 2.25. The fourth-order valence-corrected chi connectivity index (χ4v) is 0.709. The van der Waals surface area contributed by atoms with E-state index in [1.165, 1.54) is 6.08 Å². The first-order chi connectivity index (χ1) is 7.16. The van der Waals surface area contributed by atoms with Gasteiger partial charge in [0.15, 0.2) is 0 Å². The maximum Gasteiger partial charge on any atom is 0.361 e. The molecular formula is C7H6N4O4. The molecule has 78 valence electrons. The second-order valence-electron chi connectivity index (χ2n) is 2.27. The normalized spacial score (nSPS) is 9.33. The van der Waals surface area contributed by atoms with Crippen molar-refractivity contribution in [2.24, 2.45) is 0 Å². The fourth-order valence-electron chi connectivity index (χ4n) is 0.709. The quantitative estimate of drug-likeness (QED) is 0.512. The highest BCUT2D eigenvalue weighted by molar-refractivity contribution is 5.99. The Kier molecular flexibility index (Phi) is 3.38. The van der Waals surface area contributed by atoms with Gasteiger partial charge in [-0.3, -0.25) is 0 Å². The van der Waals surface area contributed by atoms with Gasteiger partial charge in [0.2, 0.25) is 11.4 Å². The van der Waals surface area contributed by atoms with Crippen LogP contribution in [0.5, 0.6) is 0 Å². The molecule has 0 aromatic carbocycles. The molecule has 0 saturated carbocycles. The van der Waals surface area contributed by atoms with Gasteiger partial charge in [0.25, 0.3) is 0 Å². The van der Waals surface area contributed by atoms with Crippen LogP contribution in [0.3, 0.4) is 0 Å². The van der Waals surface area contributed by atoms with Crippen LogP contribution >= 0.6 is 0 Å². The van der Waals surface area contributed by atoms with Crippen LogP contribution in [-0.4, -0.2) is 44.3 Å². The molecule has 8 nitrogen and oxygen atoms in total. The summed E-state index contributed by atoms with van der Waals surface area (Å²) in [4.78, 5) is 21.8. The van der Waals surface area contributed by atoms with E-state index in [0.29, 0.717) is 0 Å². The van der Waals surface area contributed by atoms with Gasteiger partial charge in [-0.15, -0.1) is 10.2 Å². The summed E-state index contributed by atoms with van der Waals surface area (Å²) in [5.74, 6) is -2.36. The SMILES string of the molecule is C=CCOC(=O)c1nnnnc1C(=O)O. The van der Waals surface area contributed by atoms with Crippen LogP contribution in [-0.2, 0) is 4.74 Å². The van der Waals surface area contributed by atoms with E-state index in [0.717, 1.165) is 0 Å². The van der Waals surface area contributed by atoms with Crippen LogP contribution in [0, 0.1) is 0 Å². The number of ether oxygens (including phenoxy) is 1. The topological polar surface area (TPSA) is 115 Å². The summed E-state index contributed by atoms with van der Waals surface area (Å²) >= 11 is 0. The molecule has 0 spiro atoms. The zero-order valence-corrected chi connectivity index (χ0v) is 7.45.